The predicted octanol–water partition coefficient (Wildman–Crippen LogP) is 3.42. The molecular weight excluding hydrogens is 358 g/mol. The Balaban J connectivity index is 1.60. The third-order valence-corrected chi connectivity index (χ3v) is 3.88. The molecular formula is C15H19BrClNO3. The number of ether oxygens (including phenoxy) is 2. The zero-order valence-corrected chi connectivity index (χ0v) is 14.1. The van der Waals surface area contributed by atoms with Gasteiger partial charge in [-0.15, -0.1) is 0 Å². The molecule has 0 spiro atoms. The van der Waals surface area contributed by atoms with Crippen LogP contribution < -0.4 is 5.32 Å². The van der Waals surface area contributed by atoms with Gasteiger partial charge in [0, 0.05) is 34.8 Å². The molecule has 1 fully saturated rings. The number of carbonyl (C=O) groups is 1. The Bertz CT molecular complexity index is 458. The lowest BCUT2D eigenvalue weighted by Crippen LogP contribution is -2.25. The maximum atomic E-state index is 11.9. The fourth-order valence-electron chi connectivity index (χ4n) is 2.15. The largest absolute Gasteiger partial charge is 0.379 e. The molecule has 1 atom stereocenters. The van der Waals surface area contributed by atoms with E-state index in [1.807, 2.05) is 0 Å². The van der Waals surface area contributed by atoms with E-state index in [1.54, 1.807) is 18.2 Å². The number of rotatable bonds is 7. The zero-order chi connectivity index (χ0) is 15.1. The fourth-order valence-corrected chi connectivity index (χ4v) is 3.01. The minimum atomic E-state index is -0.127. The molecule has 6 heteroatoms. The van der Waals surface area contributed by atoms with Gasteiger partial charge >= 0.3 is 0 Å². The molecule has 1 unspecified atom stereocenters. The Morgan fingerprint density at radius 1 is 1.48 bits per heavy atom. The first kappa shape index (κ1) is 16.7. The van der Waals surface area contributed by atoms with E-state index >= 15 is 0 Å². The van der Waals surface area contributed by atoms with Crippen LogP contribution in [0, 0.1) is 0 Å². The maximum absolute atomic E-state index is 11.9. The summed E-state index contributed by atoms with van der Waals surface area (Å²) in [6.45, 7) is 2.70. The summed E-state index contributed by atoms with van der Waals surface area (Å²) in [6, 6.07) is 5.14. The molecule has 1 aliphatic rings. The monoisotopic (exact) mass is 375 g/mol. The maximum Gasteiger partial charge on any atom is 0.251 e. The number of carbonyl (C=O) groups excluding carboxylic acids is 1. The molecule has 1 saturated heterocycles. The molecule has 1 N–H and O–H groups in total. The van der Waals surface area contributed by atoms with Crippen LogP contribution in [0.2, 0.25) is 5.02 Å². The van der Waals surface area contributed by atoms with Gasteiger partial charge in [-0.1, -0.05) is 27.5 Å². The number of halogens is 2. The van der Waals surface area contributed by atoms with Crippen molar-refractivity contribution in [1.29, 1.82) is 0 Å². The van der Waals surface area contributed by atoms with Crippen LogP contribution in [-0.2, 0) is 9.47 Å². The number of benzene rings is 1. The highest BCUT2D eigenvalue weighted by Gasteiger charge is 2.15. The number of amides is 1. The van der Waals surface area contributed by atoms with E-state index in [9.17, 15) is 4.79 Å². The van der Waals surface area contributed by atoms with Gasteiger partial charge in [-0.05, 0) is 37.5 Å². The third-order valence-electron chi connectivity index (χ3n) is 3.20. The van der Waals surface area contributed by atoms with Crippen LogP contribution in [0.15, 0.2) is 22.7 Å². The van der Waals surface area contributed by atoms with Gasteiger partial charge in [0.1, 0.15) is 0 Å². The van der Waals surface area contributed by atoms with Gasteiger partial charge in [0.25, 0.3) is 5.91 Å². The smallest absolute Gasteiger partial charge is 0.251 e. The van der Waals surface area contributed by atoms with E-state index in [0.29, 0.717) is 30.3 Å². The van der Waals surface area contributed by atoms with Crippen LogP contribution in [0.25, 0.3) is 0 Å². The molecule has 21 heavy (non-hydrogen) atoms. The number of hydrogen-bond acceptors (Lipinski definition) is 3. The van der Waals surface area contributed by atoms with Crippen molar-refractivity contribution >= 4 is 33.4 Å². The average Bonchev–Trinajstić information content (AvgIpc) is 2.94. The lowest BCUT2D eigenvalue weighted by atomic mass is 10.2. The van der Waals surface area contributed by atoms with Crippen molar-refractivity contribution in [2.75, 3.05) is 26.4 Å². The quantitative estimate of drug-likeness (QED) is 0.742. The van der Waals surface area contributed by atoms with E-state index in [0.717, 1.165) is 30.3 Å². The minimum absolute atomic E-state index is 0.127. The van der Waals surface area contributed by atoms with Gasteiger partial charge in [-0.2, -0.15) is 0 Å². The van der Waals surface area contributed by atoms with Crippen molar-refractivity contribution in [3.63, 3.8) is 0 Å². The molecule has 0 aromatic heterocycles. The van der Waals surface area contributed by atoms with Gasteiger partial charge in [0.05, 0.1) is 12.7 Å². The van der Waals surface area contributed by atoms with Gasteiger partial charge in [0.15, 0.2) is 0 Å². The normalized spacial score (nSPS) is 17.9. The molecule has 1 aromatic rings. The molecule has 1 aromatic carbocycles. The van der Waals surface area contributed by atoms with Crippen molar-refractivity contribution in [2.24, 2.45) is 0 Å². The molecule has 0 aliphatic carbocycles. The van der Waals surface area contributed by atoms with E-state index in [2.05, 4.69) is 21.2 Å². The average molecular weight is 377 g/mol. The summed E-state index contributed by atoms with van der Waals surface area (Å²) >= 11 is 9.24. The summed E-state index contributed by atoms with van der Waals surface area (Å²) < 4.78 is 11.8. The summed E-state index contributed by atoms with van der Waals surface area (Å²) in [5.74, 6) is -0.127. The van der Waals surface area contributed by atoms with Crippen LogP contribution in [-0.4, -0.2) is 38.4 Å². The second-order valence-electron chi connectivity index (χ2n) is 4.98. The first-order valence-corrected chi connectivity index (χ1v) is 8.26. The van der Waals surface area contributed by atoms with Crippen LogP contribution in [0.4, 0.5) is 0 Å². The SMILES string of the molecule is O=C(NCCCOCC1CCCO1)c1cc(Cl)cc(Br)c1. The first-order valence-electron chi connectivity index (χ1n) is 7.09. The van der Waals surface area contributed by atoms with Crippen LogP contribution >= 0.6 is 27.5 Å². The minimum Gasteiger partial charge on any atom is -0.379 e. The summed E-state index contributed by atoms with van der Waals surface area (Å²) in [5.41, 5.74) is 0.551. The fraction of sp³-hybridized carbons (Fsp3) is 0.533. The van der Waals surface area contributed by atoms with Crippen LogP contribution in [0.5, 0.6) is 0 Å². The van der Waals surface area contributed by atoms with Crippen molar-refractivity contribution in [3.05, 3.63) is 33.3 Å². The zero-order valence-electron chi connectivity index (χ0n) is 11.7. The lowest BCUT2D eigenvalue weighted by Gasteiger charge is -2.10. The third kappa shape index (κ3) is 5.94. The summed E-state index contributed by atoms with van der Waals surface area (Å²) in [5, 5.41) is 3.39. The Kier molecular flexibility index (Phi) is 6.96. The molecule has 0 radical (unpaired) electrons. The second-order valence-corrected chi connectivity index (χ2v) is 6.33. The predicted molar refractivity (Wildman–Crippen MR) is 85.9 cm³/mol. The molecule has 0 saturated carbocycles. The number of nitrogens with one attached hydrogen (secondary N) is 1. The second kappa shape index (κ2) is 8.73. The van der Waals surface area contributed by atoms with Crippen LogP contribution in [0.3, 0.4) is 0 Å². The highest BCUT2D eigenvalue weighted by Crippen LogP contribution is 2.19. The summed E-state index contributed by atoms with van der Waals surface area (Å²) in [7, 11) is 0. The van der Waals surface area contributed by atoms with E-state index in [4.69, 9.17) is 21.1 Å². The lowest BCUT2D eigenvalue weighted by molar-refractivity contribution is 0.0166. The highest BCUT2D eigenvalue weighted by molar-refractivity contribution is 9.10. The molecule has 1 heterocycles. The summed E-state index contributed by atoms with van der Waals surface area (Å²) in [6.07, 6.45) is 3.24. The molecule has 4 nitrogen and oxygen atoms in total. The Morgan fingerprint density at radius 3 is 3.05 bits per heavy atom. The van der Waals surface area contributed by atoms with Crippen LogP contribution in [0.1, 0.15) is 29.6 Å². The van der Waals surface area contributed by atoms with E-state index < -0.39 is 0 Å². The molecule has 1 aliphatic heterocycles. The topological polar surface area (TPSA) is 47.6 Å². The van der Waals surface area contributed by atoms with Gasteiger partial charge in [0.2, 0.25) is 0 Å². The summed E-state index contributed by atoms with van der Waals surface area (Å²) in [4.78, 5) is 11.9. The molecule has 116 valence electrons. The van der Waals surface area contributed by atoms with E-state index in [1.165, 1.54) is 0 Å². The van der Waals surface area contributed by atoms with Crippen molar-refractivity contribution < 1.29 is 14.3 Å². The highest BCUT2D eigenvalue weighted by atomic mass is 79.9. The first-order chi connectivity index (χ1) is 10.1. The molecule has 1 amide bonds. The molecule has 0 bridgehead atoms. The van der Waals surface area contributed by atoms with Crippen molar-refractivity contribution in [2.45, 2.75) is 25.4 Å². The number of hydrogen-bond donors (Lipinski definition) is 1. The Morgan fingerprint density at radius 2 is 2.33 bits per heavy atom. The van der Waals surface area contributed by atoms with Crippen molar-refractivity contribution in [1.82, 2.24) is 5.32 Å². The van der Waals surface area contributed by atoms with Gasteiger partial charge < -0.3 is 14.8 Å². The van der Waals surface area contributed by atoms with E-state index in [-0.39, 0.29) is 12.0 Å². The Labute approximate surface area is 138 Å². The Hall–Kier alpha value is -0.620. The van der Waals surface area contributed by atoms with Crippen molar-refractivity contribution in [3.8, 4) is 0 Å². The van der Waals surface area contributed by atoms with Gasteiger partial charge in [-0.25, -0.2) is 0 Å². The van der Waals surface area contributed by atoms with Gasteiger partial charge in [-0.3, -0.25) is 4.79 Å². The standard InChI is InChI=1S/C15H19BrClNO3/c16-12-7-11(8-13(17)9-12)15(19)18-4-2-5-20-10-14-3-1-6-21-14/h7-9,14H,1-6,10H2,(H,18,19). The molecule has 2 rings (SSSR count).